The van der Waals surface area contributed by atoms with Gasteiger partial charge in [-0.2, -0.15) is 0 Å². The highest BCUT2D eigenvalue weighted by molar-refractivity contribution is 5.67. The molecule has 0 bridgehead atoms. The number of rotatable bonds is 2. The standard InChI is InChI=1S/C15H13FO2/c16-13-8-4-7-12(11-5-2-1-3-6-11)14(13)15-17-9-10-18-15/h1-8,15H,9-10H2. The molecule has 2 nitrogen and oxygen atoms in total. The van der Waals surface area contributed by atoms with Crippen molar-refractivity contribution in [3.05, 3.63) is 59.9 Å². The summed E-state index contributed by atoms with van der Waals surface area (Å²) in [5, 5.41) is 0. The van der Waals surface area contributed by atoms with Gasteiger partial charge in [-0.15, -0.1) is 0 Å². The van der Waals surface area contributed by atoms with E-state index < -0.39 is 6.29 Å². The first kappa shape index (κ1) is 11.4. The Morgan fingerprint density at radius 2 is 1.61 bits per heavy atom. The molecule has 1 saturated heterocycles. The van der Waals surface area contributed by atoms with E-state index in [9.17, 15) is 4.39 Å². The third kappa shape index (κ3) is 2.03. The lowest BCUT2D eigenvalue weighted by Crippen LogP contribution is -2.04. The third-order valence-corrected chi connectivity index (χ3v) is 3.00. The summed E-state index contributed by atoms with van der Waals surface area (Å²) in [6.07, 6.45) is -0.596. The van der Waals surface area contributed by atoms with Crippen LogP contribution in [0.5, 0.6) is 0 Å². The van der Waals surface area contributed by atoms with E-state index in [0.717, 1.165) is 11.1 Å². The van der Waals surface area contributed by atoms with E-state index in [1.165, 1.54) is 6.07 Å². The minimum absolute atomic E-state index is 0.289. The summed E-state index contributed by atoms with van der Waals surface area (Å²) in [4.78, 5) is 0. The molecule has 1 heterocycles. The van der Waals surface area contributed by atoms with Crippen LogP contribution in [0.15, 0.2) is 48.5 Å². The maximum Gasteiger partial charge on any atom is 0.187 e. The van der Waals surface area contributed by atoms with Gasteiger partial charge in [-0.3, -0.25) is 0 Å². The maximum atomic E-state index is 14.0. The van der Waals surface area contributed by atoms with E-state index in [1.807, 2.05) is 36.4 Å². The Balaban J connectivity index is 2.11. The minimum Gasteiger partial charge on any atom is -0.346 e. The van der Waals surface area contributed by atoms with Crippen LogP contribution in [0, 0.1) is 5.82 Å². The smallest absolute Gasteiger partial charge is 0.187 e. The first-order chi connectivity index (χ1) is 8.86. The van der Waals surface area contributed by atoms with E-state index in [0.29, 0.717) is 18.8 Å². The average Bonchev–Trinajstić information content (AvgIpc) is 2.93. The Hall–Kier alpha value is -1.71. The first-order valence-corrected chi connectivity index (χ1v) is 5.93. The summed E-state index contributed by atoms with van der Waals surface area (Å²) in [5.41, 5.74) is 2.27. The van der Waals surface area contributed by atoms with Gasteiger partial charge in [0.15, 0.2) is 6.29 Å². The number of hydrogen-bond donors (Lipinski definition) is 0. The highest BCUT2D eigenvalue weighted by Gasteiger charge is 2.25. The van der Waals surface area contributed by atoms with Crippen molar-refractivity contribution in [3.8, 4) is 11.1 Å². The Morgan fingerprint density at radius 3 is 2.33 bits per heavy atom. The van der Waals surface area contributed by atoms with Crippen LogP contribution in [0.25, 0.3) is 11.1 Å². The molecule has 2 aromatic rings. The van der Waals surface area contributed by atoms with Gasteiger partial charge in [0.25, 0.3) is 0 Å². The van der Waals surface area contributed by atoms with Crippen LogP contribution in [0.4, 0.5) is 4.39 Å². The van der Waals surface area contributed by atoms with Crippen LogP contribution in [0.1, 0.15) is 11.9 Å². The van der Waals surface area contributed by atoms with Crippen molar-refractivity contribution in [2.45, 2.75) is 6.29 Å². The second-order valence-corrected chi connectivity index (χ2v) is 4.14. The number of ether oxygens (including phenoxy) is 2. The molecule has 3 rings (SSSR count). The second kappa shape index (κ2) is 4.88. The highest BCUT2D eigenvalue weighted by atomic mass is 19.1. The predicted molar refractivity (Wildman–Crippen MR) is 66.5 cm³/mol. The molecule has 0 saturated carbocycles. The zero-order chi connectivity index (χ0) is 12.4. The average molecular weight is 244 g/mol. The van der Waals surface area contributed by atoms with E-state index >= 15 is 0 Å². The predicted octanol–water partition coefficient (Wildman–Crippen LogP) is 3.54. The van der Waals surface area contributed by atoms with Crippen molar-refractivity contribution in [2.75, 3.05) is 13.2 Å². The third-order valence-electron chi connectivity index (χ3n) is 3.00. The molecule has 0 unspecified atom stereocenters. The molecular formula is C15H13FO2. The van der Waals surface area contributed by atoms with Gasteiger partial charge in [0.2, 0.25) is 0 Å². The van der Waals surface area contributed by atoms with Gasteiger partial charge in [-0.05, 0) is 17.2 Å². The molecule has 18 heavy (non-hydrogen) atoms. The van der Waals surface area contributed by atoms with Crippen LogP contribution in [0.3, 0.4) is 0 Å². The minimum atomic E-state index is -0.596. The molecule has 0 atom stereocenters. The summed E-state index contributed by atoms with van der Waals surface area (Å²) >= 11 is 0. The largest absolute Gasteiger partial charge is 0.346 e. The van der Waals surface area contributed by atoms with E-state index in [-0.39, 0.29) is 5.82 Å². The van der Waals surface area contributed by atoms with Crippen molar-refractivity contribution in [2.24, 2.45) is 0 Å². The summed E-state index contributed by atoms with van der Waals surface area (Å²) in [5.74, 6) is -0.289. The van der Waals surface area contributed by atoms with Crippen molar-refractivity contribution in [1.29, 1.82) is 0 Å². The Morgan fingerprint density at radius 1 is 0.889 bits per heavy atom. The fraction of sp³-hybridized carbons (Fsp3) is 0.200. The first-order valence-electron chi connectivity index (χ1n) is 5.93. The lowest BCUT2D eigenvalue weighted by molar-refractivity contribution is -0.0460. The SMILES string of the molecule is Fc1cccc(-c2ccccc2)c1C1OCCO1. The summed E-state index contributed by atoms with van der Waals surface area (Å²) in [6.45, 7) is 1.01. The maximum absolute atomic E-state index is 14.0. The quantitative estimate of drug-likeness (QED) is 0.804. The summed E-state index contributed by atoms with van der Waals surface area (Å²) < 4.78 is 24.9. The second-order valence-electron chi connectivity index (χ2n) is 4.14. The van der Waals surface area contributed by atoms with E-state index in [2.05, 4.69) is 0 Å². The van der Waals surface area contributed by atoms with Gasteiger partial charge in [-0.25, -0.2) is 4.39 Å². The van der Waals surface area contributed by atoms with Gasteiger partial charge in [-0.1, -0.05) is 42.5 Å². The topological polar surface area (TPSA) is 18.5 Å². The van der Waals surface area contributed by atoms with Crippen LogP contribution in [-0.4, -0.2) is 13.2 Å². The lowest BCUT2D eigenvalue weighted by atomic mass is 9.99. The lowest BCUT2D eigenvalue weighted by Gasteiger charge is -2.15. The molecule has 0 aliphatic carbocycles. The summed E-state index contributed by atoms with van der Waals surface area (Å²) in [7, 11) is 0. The van der Waals surface area contributed by atoms with Gasteiger partial charge in [0.05, 0.1) is 18.8 Å². The van der Waals surface area contributed by atoms with Gasteiger partial charge in [0.1, 0.15) is 5.82 Å². The van der Waals surface area contributed by atoms with E-state index in [4.69, 9.17) is 9.47 Å². The fourth-order valence-corrected chi connectivity index (χ4v) is 2.17. The molecule has 92 valence electrons. The Kier molecular flexibility index (Phi) is 3.09. The van der Waals surface area contributed by atoms with Crippen LogP contribution >= 0.6 is 0 Å². The molecule has 0 spiro atoms. The van der Waals surface area contributed by atoms with Crippen molar-refractivity contribution >= 4 is 0 Å². The molecule has 3 heteroatoms. The molecular weight excluding hydrogens is 231 g/mol. The van der Waals surface area contributed by atoms with Crippen LogP contribution in [-0.2, 0) is 9.47 Å². The number of halogens is 1. The molecule has 2 aromatic carbocycles. The van der Waals surface area contributed by atoms with Crippen molar-refractivity contribution < 1.29 is 13.9 Å². The number of hydrogen-bond acceptors (Lipinski definition) is 2. The van der Waals surface area contributed by atoms with Gasteiger partial charge < -0.3 is 9.47 Å². The fourth-order valence-electron chi connectivity index (χ4n) is 2.17. The van der Waals surface area contributed by atoms with Gasteiger partial charge in [0, 0.05) is 0 Å². The molecule has 0 aromatic heterocycles. The zero-order valence-electron chi connectivity index (χ0n) is 9.80. The molecule has 1 fully saturated rings. The normalized spacial score (nSPS) is 16.1. The van der Waals surface area contributed by atoms with Gasteiger partial charge >= 0.3 is 0 Å². The van der Waals surface area contributed by atoms with Crippen molar-refractivity contribution in [1.82, 2.24) is 0 Å². The summed E-state index contributed by atoms with van der Waals surface area (Å²) in [6, 6.07) is 14.7. The zero-order valence-corrected chi connectivity index (χ0v) is 9.80. The molecule has 1 aliphatic rings. The highest BCUT2D eigenvalue weighted by Crippen LogP contribution is 2.34. The van der Waals surface area contributed by atoms with Crippen LogP contribution in [0.2, 0.25) is 0 Å². The monoisotopic (exact) mass is 244 g/mol. The Labute approximate surface area is 105 Å². The van der Waals surface area contributed by atoms with E-state index in [1.54, 1.807) is 6.07 Å². The Bertz CT molecular complexity index is 533. The number of benzene rings is 2. The molecule has 1 aliphatic heterocycles. The van der Waals surface area contributed by atoms with Crippen LogP contribution < -0.4 is 0 Å². The molecule has 0 N–H and O–H groups in total. The van der Waals surface area contributed by atoms with Crippen molar-refractivity contribution in [3.63, 3.8) is 0 Å². The molecule has 0 amide bonds. The molecule has 0 radical (unpaired) electrons.